The van der Waals surface area contributed by atoms with Gasteiger partial charge >= 0.3 is 6.03 Å². The van der Waals surface area contributed by atoms with Crippen LogP contribution in [-0.2, 0) is 0 Å². The number of hydrogen-bond donors (Lipinski definition) is 1. The molecule has 1 rings (SSSR count). The lowest BCUT2D eigenvalue weighted by Gasteiger charge is -2.17. The highest BCUT2D eigenvalue weighted by molar-refractivity contribution is 5.73. The molecule has 0 atom stereocenters. The van der Waals surface area contributed by atoms with Crippen LogP contribution >= 0.6 is 0 Å². The Balaban J connectivity index is 2.18. The van der Waals surface area contributed by atoms with E-state index in [9.17, 15) is 4.79 Å². The van der Waals surface area contributed by atoms with E-state index in [0.717, 1.165) is 13.1 Å². The van der Waals surface area contributed by atoms with Crippen molar-refractivity contribution in [3.63, 3.8) is 0 Å². The number of carbonyl (C=O) groups is 1. The highest BCUT2D eigenvalue weighted by atomic mass is 16.2. The van der Waals surface area contributed by atoms with Gasteiger partial charge < -0.3 is 10.2 Å². The van der Waals surface area contributed by atoms with E-state index in [1.54, 1.807) is 4.90 Å². The standard InChI is InChI=1S/C9H18N2O/c1-4-11(3)8(12)10-7-9(2)5-6-9/h4-7H2,1-3H3,(H,10,12). The Labute approximate surface area is 74.1 Å². The van der Waals surface area contributed by atoms with E-state index in [-0.39, 0.29) is 6.03 Å². The van der Waals surface area contributed by atoms with Gasteiger partial charge in [0, 0.05) is 20.1 Å². The Morgan fingerprint density at radius 3 is 2.58 bits per heavy atom. The lowest BCUT2D eigenvalue weighted by Crippen LogP contribution is -2.39. The molecule has 0 aromatic carbocycles. The van der Waals surface area contributed by atoms with Gasteiger partial charge in [-0.25, -0.2) is 4.79 Å². The maximum atomic E-state index is 11.3. The molecule has 0 heterocycles. The first kappa shape index (κ1) is 9.36. The van der Waals surface area contributed by atoms with Gasteiger partial charge in [-0.2, -0.15) is 0 Å². The molecule has 3 nitrogen and oxygen atoms in total. The fraction of sp³-hybridized carbons (Fsp3) is 0.889. The summed E-state index contributed by atoms with van der Waals surface area (Å²) in [4.78, 5) is 12.9. The first-order valence-corrected chi connectivity index (χ1v) is 4.56. The summed E-state index contributed by atoms with van der Waals surface area (Å²) in [6.45, 7) is 5.77. The first-order valence-electron chi connectivity index (χ1n) is 4.56. The minimum atomic E-state index is 0.0469. The number of urea groups is 1. The second kappa shape index (κ2) is 3.33. The van der Waals surface area contributed by atoms with Gasteiger partial charge in [-0.15, -0.1) is 0 Å². The molecule has 0 spiro atoms. The van der Waals surface area contributed by atoms with E-state index < -0.39 is 0 Å². The molecule has 0 bridgehead atoms. The lowest BCUT2D eigenvalue weighted by molar-refractivity contribution is 0.209. The second-order valence-corrected chi connectivity index (χ2v) is 3.98. The Morgan fingerprint density at radius 1 is 1.58 bits per heavy atom. The van der Waals surface area contributed by atoms with E-state index in [0.29, 0.717) is 5.41 Å². The van der Waals surface area contributed by atoms with Crippen LogP contribution in [0.2, 0.25) is 0 Å². The summed E-state index contributed by atoms with van der Waals surface area (Å²) in [5, 5.41) is 2.92. The minimum absolute atomic E-state index is 0.0469. The Bertz CT molecular complexity index is 175. The zero-order valence-electron chi connectivity index (χ0n) is 8.18. The predicted octanol–water partition coefficient (Wildman–Crippen LogP) is 1.45. The zero-order chi connectivity index (χ0) is 9.19. The van der Waals surface area contributed by atoms with Gasteiger partial charge in [0.15, 0.2) is 0 Å². The van der Waals surface area contributed by atoms with E-state index in [2.05, 4.69) is 12.2 Å². The normalized spacial score (nSPS) is 18.6. The molecular weight excluding hydrogens is 152 g/mol. The SMILES string of the molecule is CCN(C)C(=O)NCC1(C)CC1. The number of rotatable bonds is 3. The van der Waals surface area contributed by atoms with Crippen molar-refractivity contribution in [2.24, 2.45) is 5.41 Å². The minimum Gasteiger partial charge on any atom is -0.337 e. The van der Waals surface area contributed by atoms with Crippen molar-refractivity contribution in [3.8, 4) is 0 Å². The third kappa shape index (κ3) is 2.40. The van der Waals surface area contributed by atoms with Crippen LogP contribution in [0.15, 0.2) is 0 Å². The van der Waals surface area contributed by atoms with Crippen LogP contribution in [0.5, 0.6) is 0 Å². The fourth-order valence-electron chi connectivity index (χ4n) is 0.958. The summed E-state index contributed by atoms with van der Waals surface area (Å²) in [6, 6.07) is 0.0469. The van der Waals surface area contributed by atoms with Crippen LogP contribution in [0.3, 0.4) is 0 Å². The maximum Gasteiger partial charge on any atom is 0.317 e. The van der Waals surface area contributed by atoms with Crippen LogP contribution < -0.4 is 5.32 Å². The number of carbonyl (C=O) groups excluding carboxylic acids is 1. The van der Waals surface area contributed by atoms with Crippen LogP contribution in [0.1, 0.15) is 26.7 Å². The van der Waals surface area contributed by atoms with Gasteiger partial charge in [-0.05, 0) is 25.2 Å². The Morgan fingerprint density at radius 2 is 2.17 bits per heavy atom. The first-order chi connectivity index (χ1) is 5.57. The number of amides is 2. The van der Waals surface area contributed by atoms with Crippen molar-refractivity contribution in [1.29, 1.82) is 0 Å². The van der Waals surface area contributed by atoms with Crippen molar-refractivity contribution in [2.75, 3.05) is 20.1 Å². The summed E-state index contributed by atoms with van der Waals surface area (Å²) in [6.07, 6.45) is 2.51. The van der Waals surface area contributed by atoms with Crippen molar-refractivity contribution in [2.45, 2.75) is 26.7 Å². The predicted molar refractivity (Wildman–Crippen MR) is 49.0 cm³/mol. The van der Waals surface area contributed by atoms with Crippen molar-refractivity contribution in [1.82, 2.24) is 10.2 Å². The zero-order valence-corrected chi connectivity index (χ0v) is 8.18. The largest absolute Gasteiger partial charge is 0.337 e. The van der Waals surface area contributed by atoms with Crippen molar-refractivity contribution in [3.05, 3.63) is 0 Å². The van der Waals surface area contributed by atoms with Crippen LogP contribution in [0.4, 0.5) is 4.79 Å². The molecule has 1 N–H and O–H groups in total. The third-order valence-corrected chi connectivity index (χ3v) is 2.59. The van der Waals surface area contributed by atoms with Crippen LogP contribution in [0.25, 0.3) is 0 Å². The van der Waals surface area contributed by atoms with Gasteiger partial charge in [0.2, 0.25) is 0 Å². The summed E-state index contributed by atoms with van der Waals surface area (Å²) in [7, 11) is 1.81. The molecule has 70 valence electrons. The molecule has 1 aliphatic carbocycles. The molecule has 1 saturated carbocycles. The van der Waals surface area contributed by atoms with Gasteiger partial charge in [0.1, 0.15) is 0 Å². The molecule has 1 fully saturated rings. The molecule has 12 heavy (non-hydrogen) atoms. The van der Waals surface area contributed by atoms with Gasteiger partial charge in [0.25, 0.3) is 0 Å². The lowest BCUT2D eigenvalue weighted by atomic mass is 10.1. The molecule has 1 aliphatic rings. The molecule has 0 aromatic rings. The monoisotopic (exact) mass is 170 g/mol. The van der Waals surface area contributed by atoms with Gasteiger partial charge in [0.05, 0.1) is 0 Å². The van der Waals surface area contributed by atoms with Gasteiger partial charge in [-0.3, -0.25) is 0 Å². The second-order valence-electron chi connectivity index (χ2n) is 3.98. The third-order valence-electron chi connectivity index (χ3n) is 2.59. The Hall–Kier alpha value is -0.730. The van der Waals surface area contributed by atoms with Crippen molar-refractivity contribution >= 4 is 6.03 Å². The number of nitrogens with one attached hydrogen (secondary N) is 1. The van der Waals surface area contributed by atoms with Gasteiger partial charge in [-0.1, -0.05) is 6.92 Å². The highest BCUT2D eigenvalue weighted by Crippen LogP contribution is 2.43. The molecule has 3 heteroatoms. The van der Waals surface area contributed by atoms with E-state index >= 15 is 0 Å². The number of hydrogen-bond acceptors (Lipinski definition) is 1. The summed E-state index contributed by atoms with van der Waals surface area (Å²) < 4.78 is 0. The van der Waals surface area contributed by atoms with E-state index in [1.807, 2.05) is 14.0 Å². The molecule has 0 saturated heterocycles. The molecule has 0 radical (unpaired) electrons. The van der Waals surface area contributed by atoms with Crippen LogP contribution in [-0.4, -0.2) is 31.1 Å². The molecular formula is C9H18N2O. The summed E-state index contributed by atoms with van der Waals surface area (Å²) >= 11 is 0. The topological polar surface area (TPSA) is 32.3 Å². The summed E-state index contributed by atoms with van der Waals surface area (Å²) in [5.41, 5.74) is 0.407. The molecule has 2 amide bonds. The molecule has 0 aliphatic heterocycles. The summed E-state index contributed by atoms with van der Waals surface area (Å²) in [5.74, 6) is 0. The maximum absolute atomic E-state index is 11.3. The quantitative estimate of drug-likeness (QED) is 0.683. The Kier molecular flexibility index (Phi) is 2.60. The molecule has 0 aromatic heterocycles. The van der Waals surface area contributed by atoms with E-state index in [1.165, 1.54) is 12.8 Å². The molecule has 0 unspecified atom stereocenters. The smallest absolute Gasteiger partial charge is 0.317 e. The fourth-order valence-corrected chi connectivity index (χ4v) is 0.958. The van der Waals surface area contributed by atoms with Crippen LogP contribution in [0, 0.1) is 5.41 Å². The van der Waals surface area contributed by atoms with E-state index in [4.69, 9.17) is 0 Å². The highest BCUT2D eigenvalue weighted by Gasteiger charge is 2.37. The number of nitrogens with zero attached hydrogens (tertiary/aromatic N) is 1. The average Bonchev–Trinajstić information content (AvgIpc) is 2.79. The average molecular weight is 170 g/mol. The van der Waals surface area contributed by atoms with Crippen molar-refractivity contribution < 1.29 is 4.79 Å².